The topological polar surface area (TPSA) is 63.6 Å². The Morgan fingerprint density at radius 1 is 1.09 bits per heavy atom. The van der Waals surface area contributed by atoms with Crippen LogP contribution in [0.25, 0.3) is 22.3 Å². The molecule has 0 amide bonds. The largest absolute Gasteiger partial charge is 0.294 e. The van der Waals surface area contributed by atoms with Gasteiger partial charge in [-0.05, 0) is 12.8 Å². The molecule has 1 saturated carbocycles. The number of H-pyrrole nitrogens is 1. The lowest BCUT2D eigenvalue weighted by molar-refractivity contribution is 0.345. The van der Waals surface area contributed by atoms with E-state index in [4.69, 9.17) is 0 Å². The Kier molecular flexibility index (Phi) is 3.25. The van der Waals surface area contributed by atoms with Crippen LogP contribution in [0, 0.1) is 0 Å². The molecule has 0 bridgehead atoms. The molecule has 4 rings (SSSR count). The van der Waals surface area contributed by atoms with Crippen molar-refractivity contribution in [2.45, 2.75) is 38.1 Å². The Balaban J connectivity index is 1.82. The molecule has 0 radical (unpaired) electrons. The highest BCUT2D eigenvalue weighted by atomic mass is 16.1. The minimum absolute atomic E-state index is 0.00780. The van der Waals surface area contributed by atoms with E-state index in [-0.39, 0.29) is 11.6 Å². The van der Waals surface area contributed by atoms with Crippen LogP contribution in [-0.2, 0) is 0 Å². The SMILES string of the molecule is O=c1c2[nH]nc(-c3ccccc3)c2ncn1C1CCCCC1. The number of benzene rings is 1. The summed E-state index contributed by atoms with van der Waals surface area (Å²) in [5.74, 6) is 0. The maximum Gasteiger partial charge on any atom is 0.279 e. The van der Waals surface area contributed by atoms with Crippen molar-refractivity contribution in [1.29, 1.82) is 0 Å². The number of nitrogens with zero attached hydrogens (tertiary/aromatic N) is 3. The molecule has 2 aromatic heterocycles. The van der Waals surface area contributed by atoms with Gasteiger partial charge in [0.1, 0.15) is 16.7 Å². The average molecular weight is 294 g/mol. The number of nitrogens with one attached hydrogen (secondary N) is 1. The third-order valence-electron chi connectivity index (χ3n) is 4.52. The summed E-state index contributed by atoms with van der Waals surface area (Å²) in [6, 6.07) is 10.1. The first-order valence-corrected chi connectivity index (χ1v) is 7.85. The molecule has 3 aromatic rings. The lowest BCUT2D eigenvalue weighted by Gasteiger charge is -2.23. The minimum atomic E-state index is -0.00780. The maximum atomic E-state index is 12.7. The minimum Gasteiger partial charge on any atom is -0.294 e. The van der Waals surface area contributed by atoms with E-state index in [9.17, 15) is 4.79 Å². The van der Waals surface area contributed by atoms with E-state index in [0.29, 0.717) is 11.0 Å². The van der Waals surface area contributed by atoms with Crippen molar-refractivity contribution in [1.82, 2.24) is 19.7 Å². The molecule has 0 saturated heterocycles. The van der Waals surface area contributed by atoms with Gasteiger partial charge in [-0.2, -0.15) is 5.10 Å². The van der Waals surface area contributed by atoms with Gasteiger partial charge in [-0.25, -0.2) is 4.98 Å². The Hall–Kier alpha value is -2.43. The number of aromatic nitrogens is 4. The molecule has 0 atom stereocenters. The summed E-state index contributed by atoms with van der Waals surface area (Å²) in [6.07, 6.45) is 7.46. The standard InChI is InChI=1S/C17H18N4O/c22-17-16-15(14(19-20-16)12-7-3-1-4-8-12)18-11-21(17)13-9-5-2-6-10-13/h1,3-4,7-8,11,13H,2,5-6,9-10H2,(H,19,20). The lowest BCUT2D eigenvalue weighted by atomic mass is 9.95. The van der Waals surface area contributed by atoms with Gasteiger partial charge >= 0.3 is 0 Å². The van der Waals surface area contributed by atoms with Crippen LogP contribution in [0.5, 0.6) is 0 Å². The molecule has 22 heavy (non-hydrogen) atoms. The third kappa shape index (κ3) is 2.13. The second kappa shape index (κ2) is 5.40. The summed E-state index contributed by atoms with van der Waals surface area (Å²) < 4.78 is 1.79. The predicted molar refractivity (Wildman–Crippen MR) is 85.7 cm³/mol. The summed E-state index contributed by atoms with van der Waals surface area (Å²) in [6.45, 7) is 0. The van der Waals surface area contributed by atoms with E-state index in [1.165, 1.54) is 19.3 Å². The molecule has 5 heteroatoms. The van der Waals surface area contributed by atoms with E-state index in [2.05, 4.69) is 15.2 Å². The van der Waals surface area contributed by atoms with E-state index in [0.717, 1.165) is 24.1 Å². The number of hydrogen-bond acceptors (Lipinski definition) is 3. The van der Waals surface area contributed by atoms with Crippen molar-refractivity contribution in [3.63, 3.8) is 0 Å². The van der Waals surface area contributed by atoms with Crippen LogP contribution in [0.2, 0.25) is 0 Å². The van der Waals surface area contributed by atoms with Crippen molar-refractivity contribution in [2.24, 2.45) is 0 Å². The first-order chi connectivity index (χ1) is 10.8. The first kappa shape index (κ1) is 13.2. The zero-order valence-corrected chi connectivity index (χ0v) is 12.3. The molecular weight excluding hydrogens is 276 g/mol. The summed E-state index contributed by atoms with van der Waals surface area (Å²) in [5, 5.41) is 7.20. The van der Waals surface area contributed by atoms with Gasteiger partial charge in [-0.1, -0.05) is 49.6 Å². The van der Waals surface area contributed by atoms with E-state index < -0.39 is 0 Å². The van der Waals surface area contributed by atoms with Crippen LogP contribution in [0.1, 0.15) is 38.1 Å². The van der Waals surface area contributed by atoms with Gasteiger partial charge < -0.3 is 0 Å². The molecule has 0 aliphatic heterocycles. The molecule has 1 aliphatic carbocycles. The van der Waals surface area contributed by atoms with Crippen LogP contribution < -0.4 is 5.56 Å². The van der Waals surface area contributed by atoms with Gasteiger partial charge in [-0.15, -0.1) is 0 Å². The van der Waals surface area contributed by atoms with Crippen molar-refractivity contribution in [2.75, 3.05) is 0 Å². The zero-order chi connectivity index (χ0) is 14.9. The lowest BCUT2D eigenvalue weighted by Crippen LogP contribution is -2.26. The summed E-state index contributed by atoms with van der Waals surface area (Å²) in [5.41, 5.74) is 2.86. The molecule has 0 spiro atoms. The van der Waals surface area contributed by atoms with Crippen LogP contribution in [0.15, 0.2) is 41.5 Å². The fraction of sp³-hybridized carbons (Fsp3) is 0.353. The first-order valence-electron chi connectivity index (χ1n) is 7.85. The summed E-state index contributed by atoms with van der Waals surface area (Å²) in [4.78, 5) is 17.2. The van der Waals surface area contributed by atoms with Gasteiger partial charge in [0.25, 0.3) is 5.56 Å². The van der Waals surface area contributed by atoms with Crippen LogP contribution in [-0.4, -0.2) is 19.7 Å². The van der Waals surface area contributed by atoms with Crippen LogP contribution in [0.3, 0.4) is 0 Å². The monoisotopic (exact) mass is 294 g/mol. The van der Waals surface area contributed by atoms with Crippen molar-refractivity contribution in [3.8, 4) is 11.3 Å². The molecule has 5 nitrogen and oxygen atoms in total. The molecule has 0 unspecified atom stereocenters. The maximum absolute atomic E-state index is 12.7. The Bertz CT molecular complexity index is 844. The van der Waals surface area contributed by atoms with Crippen molar-refractivity contribution >= 4 is 11.0 Å². The number of fused-ring (bicyclic) bond motifs is 1. The van der Waals surface area contributed by atoms with Gasteiger partial charge in [-0.3, -0.25) is 14.5 Å². The van der Waals surface area contributed by atoms with Crippen molar-refractivity contribution < 1.29 is 0 Å². The van der Waals surface area contributed by atoms with Gasteiger partial charge in [0.05, 0.1) is 6.33 Å². The highest BCUT2D eigenvalue weighted by Crippen LogP contribution is 2.28. The number of rotatable bonds is 2. The molecule has 1 N–H and O–H groups in total. The molecular formula is C17H18N4O. The fourth-order valence-electron chi connectivity index (χ4n) is 3.33. The molecule has 1 aromatic carbocycles. The Morgan fingerprint density at radius 2 is 1.86 bits per heavy atom. The molecule has 2 heterocycles. The fourth-order valence-corrected chi connectivity index (χ4v) is 3.33. The van der Waals surface area contributed by atoms with Gasteiger partial charge in [0.2, 0.25) is 0 Å². The van der Waals surface area contributed by atoms with Gasteiger partial charge in [0.15, 0.2) is 0 Å². The Morgan fingerprint density at radius 3 is 2.64 bits per heavy atom. The summed E-state index contributed by atoms with van der Waals surface area (Å²) in [7, 11) is 0. The normalized spacial score (nSPS) is 16.2. The third-order valence-corrected chi connectivity index (χ3v) is 4.52. The molecule has 1 fully saturated rings. The van der Waals surface area contributed by atoms with Gasteiger partial charge in [0, 0.05) is 11.6 Å². The zero-order valence-electron chi connectivity index (χ0n) is 12.3. The smallest absolute Gasteiger partial charge is 0.279 e. The second-order valence-electron chi connectivity index (χ2n) is 5.91. The average Bonchev–Trinajstić information content (AvgIpc) is 3.02. The van der Waals surface area contributed by atoms with E-state index >= 15 is 0 Å². The summed E-state index contributed by atoms with van der Waals surface area (Å²) >= 11 is 0. The predicted octanol–water partition coefficient (Wildman–Crippen LogP) is 3.29. The highest BCUT2D eigenvalue weighted by Gasteiger charge is 2.19. The highest BCUT2D eigenvalue weighted by molar-refractivity contribution is 5.88. The Labute approximate surface area is 128 Å². The number of hydrogen-bond donors (Lipinski definition) is 1. The van der Waals surface area contributed by atoms with Crippen LogP contribution in [0.4, 0.5) is 0 Å². The molecule has 1 aliphatic rings. The molecule has 112 valence electrons. The van der Waals surface area contributed by atoms with E-state index in [1.807, 2.05) is 30.3 Å². The van der Waals surface area contributed by atoms with Crippen molar-refractivity contribution in [3.05, 3.63) is 47.0 Å². The van der Waals surface area contributed by atoms with Crippen LogP contribution >= 0.6 is 0 Å². The number of aromatic amines is 1. The quantitative estimate of drug-likeness (QED) is 0.788. The second-order valence-corrected chi connectivity index (χ2v) is 5.91. The van der Waals surface area contributed by atoms with E-state index in [1.54, 1.807) is 10.9 Å².